The number of carbonyl (C=O) groups is 1. The van der Waals surface area contributed by atoms with Gasteiger partial charge in [-0.15, -0.1) is 11.3 Å². The van der Waals surface area contributed by atoms with Gasteiger partial charge in [-0.3, -0.25) is 4.90 Å². The van der Waals surface area contributed by atoms with Crippen LogP contribution in [0.1, 0.15) is 49.1 Å². The minimum atomic E-state index is 0.0192. The summed E-state index contributed by atoms with van der Waals surface area (Å²) in [6.07, 6.45) is 6.78. The molecule has 0 radical (unpaired) electrons. The summed E-state index contributed by atoms with van der Waals surface area (Å²) in [5, 5.41) is 0. The fourth-order valence-corrected chi connectivity index (χ4v) is 6.14. The van der Waals surface area contributed by atoms with Gasteiger partial charge in [0.25, 0.3) is 0 Å². The van der Waals surface area contributed by atoms with Crippen molar-refractivity contribution < 1.29 is 9.53 Å². The number of urea groups is 1. The summed E-state index contributed by atoms with van der Waals surface area (Å²) in [7, 11) is 0. The molecule has 2 amide bonds. The molecule has 3 aliphatic heterocycles. The quantitative estimate of drug-likeness (QED) is 0.757. The van der Waals surface area contributed by atoms with E-state index >= 15 is 0 Å². The lowest BCUT2D eigenvalue weighted by Gasteiger charge is -2.46. The van der Waals surface area contributed by atoms with Crippen LogP contribution >= 0.6 is 11.3 Å². The predicted molar refractivity (Wildman–Crippen MR) is 109 cm³/mol. The summed E-state index contributed by atoms with van der Waals surface area (Å²) >= 11 is 1.76. The molecule has 1 aromatic rings. The van der Waals surface area contributed by atoms with Crippen LogP contribution in [-0.4, -0.2) is 76.7 Å². The van der Waals surface area contributed by atoms with E-state index in [4.69, 9.17) is 4.74 Å². The van der Waals surface area contributed by atoms with Crippen LogP contribution < -0.4 is 0 Å². The SMILES string of the molecule is Cc1ncsc1CN1CCC(N2C(=O)N(CC3CC3)CC23CCOCC3)CC1. The second-order valence-electron chi connectivity index (χ2n) is 9.18. The molecule has 4 aliphatic rings. The summed E-state index contributed by atoms with van der Waals surface area (Å²) in [5.41, 5.74) is 3.13. The lowest BCUT2D eigenvalue weighted by molar-refractivity contribution is -0.0166. The van der Waals surface area contributed by atoms with Gasteiger partial charge < -0.3 is 14.5 Å². The average Bonchev–Trinajstić information content (AvgIpc) is 3.38. The smallest absolute Gasteiger partial charge is 0.320 e. The molecule has 5 rings (SSSR count). The van der Waals surface area contributed by atoms with Crippen LogP contribution in [0, 0.1) is 12.8 Å². The number of amides is 2. The number of ether oxygens (including phenoxy) is 1. The van der Waals surface area contributed by atoms with Crippen LogP contribution in [-0.2, 0) is 11.3 Å². The molecular weight excluding hydrogens is 372 g/mol. The highest BCUT2D eigenvalue weighted by Gasteiger charge is 2.53. The van der Waals surface area contributed by atoms with Gasteiger partial charge in [0.1, 0.15) is 0 Å². The Morgan fingerprint density at radius 2 is 1.96 bits per heavy atom. The number of thiazole rings is 1. The molecule has 3 saturated heterocycles. The molecule has 1 aromatic heterocycles. The number of rotatable bonds is 5. The number of hydrogen-bond donors (Lipinski definition) is 0. The minimum absolute atomic E-state index is 0.0192. The molecule has 0 aromatic carbocycles. The zero-order valence-corrected chi connectivity index (χ0v) is 17.8. The molecule has 28 heavy (non-hydrogen) atoms. The van der Waals surface area contributed by atoms with Gasteiger partial charge in [0.05, 0.1) is 16.7 Å². The van der Waals surface area contributed by atoms with Crippen LogP contribution in [0.15, 0.2) is 5.51 Å². The van der Waals surface area contributed by atoms with Crippen molar-refractivity contribution in [3.05, 3.63) is 16.1 Å². The first-order valence-corrected chi connectivity index (χ1v) is 11.8. The Kier molecular flexibility index (Phi) is 5.09. The van der Waals surface area contributed by atoms with Gasteiger partial charge in [0.15, 0.2) is 0 Å². The highest BCUT2D eigenvalue weighted by atomic mass is 32.1. The Morgan fingerprint density at radius 3 is 2.61 bits per heavy atom. The maximum atomic E-state index is 13.4. The van der Waals surface area contributed by atoms with Gasteiger partial charge in [0, 0.05) is 56.9 Å². The molecule has 1 saturated carbocycles. The molecule has 4 fully saturated rings. The number of aromatic nitrogens is 1. The van der Waals surface area contributed by atoms with E-state index < -0.39 is 0 Å². The van der Waals surface area contributed by atoms with E-state index in [0.29, 0.717) is 12.1 Å². The molecule has 0 atom stereocenters. The number of piperidine rings is 1. The van der Waals surface area contributed by atoms with Gasteiger partial charge >= 0.3 is 6.03 Å². The third-order valence-electron chi connectivity index (χ3n) is 7.21. The average molecular weight is 405 g/mol. The predicted octanol–water partition coefficient (Wildman–Crippen LogP) is 3.11. The molecule has 4 heterocycles. The van der Waals surface area contributed by atoms with Crippen LogP contribution in [0.5, 0.6) is 0 Å². The second-order valence-corrected chi connectivity index (χ2v) is 10.1. The standard InChI is InChI=1S/C21H32N4O2S/c1-16-19(28-15-22-16)13-23-8-4-18(5-9-23)25-20(26)24(12-17-2-3-17)14-21(25)6-10-27-11-7-21/h15,17-18H,2-14H2,1H3. The van der Waals surface area contributed by atoms with Crippen molar-refractivity contribution in [2.24, 2.45) is 5.92 Å². The molecule has 6 nitrogen and oxygen atoms in total. The summed E-state index contributed by atoms with van der Waals surface area (Å²) in [6.45, 7) is 8.74. The summed E-state index contributed by atoms with van der Waals surface area (Å²) in [5.74, 6) is 0.755. The number of hydrogen-bond acceptors (Lipinski definition) is 5. The topological polar surface area (TPSA) is 48.9 Å². The second kappa shape index (κ2) is 7.58. The Labute approximate surface area is 171 Å². The monoisotopic (exact) mass is 404 g/mol. The number of likely N-dealkylation sites (tertiary alicyclic amines) is 1. The molecule has 7 heteroatoms. The van der Waals surface area contributed by atoms with Gasteiger partial charge in [-0.25, -0.2) is 9.78 Å². The Morgan fingerprint density at radius 1 is 1.21 bits per heavy atom. The molecule has 0 unspecified atom stereocenters. The first-order valence-electron chi connectivity index (χ1n) is 10.9. The Hall–Kier alpha value is -1.18. The van der Waals surface area contributed by atoms with Crippen molar-refractivity contribution in [1.82, 2.24) is 19.7 Å². The zero-order valence-electron chi connectivity index (χ0n) is 16.9. The van der Waals surface area contributed by atoms with Crippen LogP contribution in [0.4, 0.5) is 4.79 Å². The fraction of sp³-hybridized carbons (Fsp3) is 0.810. The fourth-order valence-electron chi connectivity index (χ4n) is 5.32. The van der Waals surface area contributed by atoms with Crippen LogP contribution in [0.25, 0.3) is 0 Å². The van der Waals surface area contributed by atoms with Gasteiger partial charge in [-0.2, -0.15) is 0 Å². The maximum Gasteiger partial charge on any atom is 0.320 e. The number of nitrogens with zero attached hydrogens (tertiary/aromatic N) is 4. The molecule has 154 valence electrons. The molecule has 0 bridgehead atoms. The van der Waals surface area contributed by atoms with Gasteiger partial charge in [0.2, 0.25) is 0 Å². The number of aryl methyl sites for hydroxylation is 1. The third kappa shape index (κ3) is 3.57. The minimum Gasteiger partial charge on any atom is -0.381 e. The largest absolute Gasteiger partial charge is 0.381 e. The Balaban J connectivity index is 1.27. The summed E-state index contributed by atoms with van der Waals surface area (Å²) in [6, 6.07) is 0.694. The molecule has 1 spiro atoms. The molecule has 1 aliphatic carbocycles. The molecular formula is C21H32N4O2S. The van der Waals surface area contributed by atoms with Crippen molar-refractivity contribution in [3.63, 3.8) is 0 Å². The Bertz CT molecular complexity index is 705. The first kappa shape index (κ1) is 18.8. The van der Waals surface area contributed by atoms with E-state index in [1.54, 1.807) is 11.3 Å². The summed E-state index contributed by atoms with van der Waals surface area (Å²) < 4.78 is 5.67. The third-order valence-corrected chi connectivity index (χ3v) is 8.13. The zero-order chi connectivity index (χ0) is 19.1. The van der Waals surface area contributed by atoms with Gasteiger partial charge in [-0.05, 0) is 51.4 Å². The lowest BCUT2D eigenvalue weighted by atomic mass is 9.86. The maximum absolute atomic E-state index is 13.4. The van der Waals surface area contributed by atoms with E-state index in [-0.39, 0.29) is 5.54 Å². The van der Waals surface area contributed by atoms with Crippen molar-refractivity contribution in [2.45, 2.75) is 63.6 Å². The van der Waals surface area contributed by atoms with Crippen LogP contribution in [0.2, 0.25) is 0 Å². The molecule has 0 N–H and O–H groups in total. The number of carbonyl (C=O) groups excluding carboxylic acids is 1. The highest BCUT2D eigenvalue weighted by Crippen LogP contribution is 2.41. The van der Waals surface area contributed by atoms with Gasteiger partial charge in [-0.1, -0.05) is 0 Å². The van der Waals surface area contributed by atoms with E-state index in [2.05, 4.69) is 26.6 Å². The van der Waals surface area contributed by atoms with E-state index in [9.17, 15) is 4.79 Å². The van der Waals surface area contributed by atoms with E-state index in [0.717, 1.165) is 77.5 Å². The van der Waals surface area contributed by atoms with Crippen molar-refractivity contribution in [3.8, 4) is 0 Å². The van der Waals surface area contributed by atoms with E-state index in [1.165, 1.54) is 23.4 Å². The van der Waals surface area contributed by atoms with Crippen molar-refractivity contribution in [2.75, 3.05) is 39.4 Å². The lowest BCUT2D eigenvalue weighted by Crippen LogP contribution is -2.57. The summed E-state index contributed by atoms with van der Waals surface area (Å²) in [4.78, 5) is 26.2. The van der Waals surface area contributed by atoms with Crippen molar-refractivity contribution >= 4 is 17.4 Å². The van der Waals surface area contributed by atoms with Crippen LogP contribution in [0.3, 0.4) is 0 Å². The van der Waals surface area contributed by atoms with E-state index in [1.807, 2.05) is 5.51 Å². The first-order chi connectivity index (χ1) is 13.6. The highest BCUT2D eigenvalue weighted by molar-refractivity contribution is 7.09. The normalized spacial score (nSPS) is 26.5. The van der Waals surface area contributed by atoms with Crippen molar-refractivity contribution in [1.29, 1.82) is 0 Å².